The number of carbonyl (C=O) groups is 1. The van der Waals surface area contributed by atoms with Crippen molar-refractivity contribution in [2.45, 2.75) is 31.7 Å². The Balaban J connectivity index is 0.00000304. The van der Waals surface area contributed by atoms with E-state index in [1.165, 1.54) is 12.1 Å². The highest BCUT2D eigenvalue weighted by molar-refractivity contribution is 6.01. The predicted octanol–water partition coefficient (Wildman–Crippen LogP) is 2.79. The van der Waals surface area contributed by atoms with Crippen molar-refractivity contribution < 1.29 is 15.0 Å². The molecular weight excluding hydrogens is 454 g/mol. The Morgan fingerprint density at radius 1 is 1.14 bits per heavy atom. The van der Waals surface area contributed by atoms with Gasteiger partial charge >= 0.3 is 0 Å². The maximum absolute atomic E-state index is 14.5. The lowest BCUT2D eigenvalue weighted by Crippen LogP contribution is -2.45. The number of nitrogens with one attached hydrogen (secondary N) is 1. The fourth-order valence-corrected chi connectivity index (χ4v) is 5.27. The lowest BCUT2D eigenvalue weighted by atomic mass is 9.95. The van der Waals surface area contributed by atoms with Crippen LogP contribution in [0.1, 0.15) is 49.1 Å². The van der Waals surface area contributed by atoms with Gasteiger partial charge in [0, 0.05) is 44.4 Å². The predicted molar refractivity (Wildman–Crippen MR) is 131 cm³/mol. The van der Waals surface area contributed by atoms with E-state index in [9.17, 15) is 13.6 Å². The maximum atomic E-state index is 14.5. The van der Waals surface area contributed by atoms with Crippen molar-refractivity contribution in [1.29, 1.82) is 0 Å². The lowest BCUT2D eigenvalue weighted by molar-refractivity contribution is 0.0711. The minimum atomic E-state index is -0.455. The van der Waals surface area contributed by atoms with E-state index in [-0.39, 0.29) is 19.3 Å². The third kappa shape index (κ3) is 4.27. The van der Waals surface area contributed by atoms with Crippen LogP contribution in [0.2, 0.25) is 0 Å². The maximum Gasteiger partial charge on any atom is 0.257 e. The number of amidine groups is 1. The van der Waals surface area contributed by atoms with Gasteiger partial charge < -0.3 is 21.1 Å². The number of pyridine rings is 1. The fraction of sp³-hybridized carbons (Fsp3) is 0.375. The third-order valence-electron chi connectivity index (χ3n) is 7.09. The molecule has 2 aliphatic rings. The molecule has 0 spiro atoms. The van der Waals surface area contributed by atoms with Gasteiger partial charge in [-0.3, -0.25) is 4.79 Å². The number of carbonyl (C=O) groups excluding carboxylic acids is 1. The molecule has 3 aromatic rings. The number of nitrogens with zero attached hydrogens (tertiary/aromatic N) is 5. The van der Waals surface area contributed by atoms with Gasteiger partial charge in [0.15, 0.2) is 0 Å². The summed E-state index contributed by atoms with van der Waals surface area (Å²) in [5.74, 6) is 10.5. The molecule has 2 fully saturated rings. The second kappa shape index (κ2) is 9.49. The molecule has 186 valence electrons. The van der Waals surface area contributed by atoms with Crippen LogP contribution in [0, 0.1) is 17.6 Å². The van der Waals surface area contributed by atoms with Crippen molar-refractivity contribution in [1.82, 2.24) is 19.9 Å². The Morgan fingerprint density at radius 3 is 2.69 bits per heavy atom. The van der Waals surface area contributed by atoms with Gasteiger partial charge in [0.05, 0.1) is 23.3 Å². The van der Waals surface area contributed by atoms with E-state index in [1.54, 1.807) is 21.8 Å². The number of rotatable bonds is 4. The minimum absolute atomic E-state index is 0. The van der Waals surface area contributed by atoms with Crippen molar-refractivity contribution in [3.05, 3.63) is 65.5 Å². The summed E-state index contributed by atoms with van der Waals surface area (Å²) in [7, 11) is 0. The Hall–Kier alpha value is -3.73. The highest BCUT2D eigenvalue weighted by atomic mass is 19.1. The van der Waals surface area contributed by atoms with E-state index in [1.807, 2.05) is 12.1 Å². The first-order chi connectivity index (χ1) is 17.0. The van der Waals surface area contributed by atoms with Gasteiger partial charge in [-0.25, -0.2) is 19.1 Å². The monoisotopic (exact) mass is 484 g/mol. The molecular formula is C24H30F2N8O. The molecule has 5 N–H and O–H groups in total. The van der Waals surface area contributed by atoms with Gasteiger partial charge in [0.2, 0.25) is 0 Å². The van der Waals surface area contributed by atoms with Crippen molar-refractivity contribution in [3.8, 4) is 0 Å². The van der Waals surface area contributed by atoms with E-state index in [0.717, 1.165) is 24.6 Å². The number of fused-ring (bicyclic) bond motifs is 1. The van der Waals surface area contributed by atoms with Crippen LogP contribution in [0.15, 0.2) is 47.8 Å². The zero-order valence-corrected chi connectivity index (χ0v) is 19.2. The van der Waals surface area contributed by atoms with E-state index in [0.29, 0.717) is 55.0 Å². The molecule has 9 nitrogen and oxygen atoms in total. The number of hydrogen-bond donors (Lipinski definition) is 3. The molecule has 1 amide bonds. The summed E-state index contributed by atoms with van der Waals surface area (Å²) in [4.78, 5) is 17.2. The quantitative estimate of drug-likeness (QED) is 0.227. The van der Waals surface area contributed by atoms with Crippen LogP contribution in [0.4, 0.5) is 14.5 Å². The van der Waals surface area contributed by atoms with E-state index >= 15 is 0 Å². The SMILES string of the molecule is N/N=C(\NN)C1CCN(C(=O)c2cnn3ccc(N4CCC[C@@H]4c4cc(F)ccc4F)cc23)CC1.[HH]. The largest absolute Gasteiger partial charge is 0.364 e. The van der Waals surface area contributed by atoms with Gasteiger partial charge in [-0.2, -0.15) is 10.2 Å². The van der Waals surface area contributed by atoms with Crippen LogP contribution in [-0.4, -0.2) is 45.9 Å². The van der Waals surface area contributed by atoms with Crippen molar-refractivity contribution >= 4 is 22.9 Å². The Kier molecular flexibility index (Phi) is 6.25. The number of halogens is 2. The second-order valence-corrected chi connectivity index (χ2v) is 9.02. The molecule has 1 aromatic carbocycles. The van der Waals surface area contributed by atoms with Crippen molar-refractivity contribution in [3.63, 3.8) is 0 Å². The number of nitrogens with two attached hydrogens (primary N) is 2. The zero-order valence-electron chi connectivity index (χ0n) is 19.2. The van der Waals surface area contributed by atoms with Crippen LogP contribution >= 0.6 is 0 Å². The minimum Gasteiger partial charge on any atom is -0.364 e. The van der Waals surface area contributed by atoms with Gasteiger partial charge in [0.25, 0.3) is 5.91 Å². The molecule has 4 heterocycles. The number of hydrazone groups is 1. The topological polar surface area (TPSA) is 117 Å². The smallest absolute Gasteiger partial charge is 0.257 e. The summed E-state index contributed by atoms with van der Waals surface area (Å²) >= 11 is 0. The normalized spacial score (nSPS) is 19.5. The third-order valence-corrected chi connectivity index (χ3v) is 7.09. The van der Waals surface area contributed by atoms with Gasteiger partial charge in [-0.1, -0.05) is 0 Å². The number of piperidine rings is 1. The first-order valence-electron chi connectivity index (χ1n) is 11.7. The first kappa shape index (κ1) is 23.0. The summed E-state index contributed by atoms with van der Waals surface area (Å²) in [5.41, 5.74) is 4.90. The molecule has 2 aliphatic heterocycles. The molecule has 11 heteroatoms. The van der Waals surface area contributed by atoms with Crippen LogP contribution in [0.3, 0.4) is 0 Å². The van der Waals surface area contributed by atoms with Crippen LogP contribution < -0.4 is 22.0 Å². The molecule has 0 unspecified atom stereocenters. The van der Waals surface area contributed by atoms with Gasteiger partial charge in [-0.05, 0) is 56.0 Å². The number of anilines is 1. The summed E-state index contributed by atoms with van der Waals surface area (Å²) in [6, 6.07) is 7.10. The van der Waals surface area contributed by atoms with Crippen LogP contribution in [0.5, 0.6) is 0 Å². The van der Waals surface area contributed by atoms with Crippen LogP contribution in [-0.2, 0) is 0 Å². The molecule has 5 rings (SSSR count). The Labute approximate surface area is 202 Å². The molecule has 0 radical (unpaired) electrons. The zero-order chi connectivity index (χ0) is 24.5. The summed E-state index contributed by atoms with van der Waals surface area (Å²) in [6.07, 6.45) is 6.35. The number of aromatic nitrogens is 2. The number of hydrogen-bond acceptors (Lipinski definition) is 6. The molecule has 2 aromatic heterocycles. The number of hydrazine groups is 1. The molecule has 0 aliphatic carbocycles. The Bertz CT molecular complexity index is 1270. The number of benzene rings is 1. The number of amides is 1. The fourth-order valence-electron chi connectivity index (χ4n) is 5.27. The van der Waals surface area contributed by atoms with Crippen molar-refractivity contribution in [2.75, 3.05) is 24.5 Å². The molecule has 0 bridgehead atoms. The van der Waals surface area contributed by atoms with E-state index in [4.69, 9.17) is 11.7 Å². The second-order valence-electron chi connectivity index (χ2n) is 9.02. The number of likely N-dealkylation sites (tertiary alicyclic amines) is 1. The Morgan fingerprint density at radius 2 is 1.94 bits per heavy atom. The lowest BCUT2D eigenvalue weighted by Gasteiger charge is -2.32. The highest BCUT2D eigenvalue weighted by Gasteiger charge is 2.31. The molecule has 1 atom stereocenters. The standard InChI is InChI=1S/C24H28F2N8O.H2/c25-16-3-4-20(26)18(12-16)21-2-1-8-33(21)17-7-11-34-22(13-17)19(14-29-34)24(35)32-9-5-15(6-10-32)23(30-27)31-28;/h3-4,7,11-15,21H,1-2,5-6,8-10,27-28H2,(H,30,31);1H/t21-;/m1./s1. The van der Waals surface area contributed by atoms with E-state index in [2.05, 4.69) is 20.5 Å². The first-order valence-corrected chi connectivity index (χ1v) is 11.7. The molecule has 0 saturated carbocycles. The average molecular weight is 485 g/mol. The average Bonchev–Trinajstić information content (AvgIpc) is 3.53. The molecule has 35 heavy (non-hydrogen) atoms. The highest BCUT2D eigenvalue weighted by Crippen LogP contribution is 2.38. The van der Waals surface area contributed by atoms with Crippen molar-refractivity contribution in [2.24, 2.45) is 22.7 Å². The van der Waals surface area contributed by atoms with Crippen LogP contribution in [0.25, 0.3) is 5.52 Å². The van der Waals surface area contributed by atoms with Gasteiger partial charge in [-0.15, -0.1) is 0 Å². The summed E-state index contributed by atoms with van der Waals surface area (Å²) < 4.78 is 30.1. The molecule has 2 saturated heterocycles. The van der Waals surface area contributed by atoms with Gasteiger partial charge in [0.1, 0.15) is 17.5 Å². The van der Waals surface area contributed by atoms with E-state index < -0.39 is 11.6 Å². The summed E-state index contributed by atoms with van der Waals surface area (Å²) in [6.45, 7) is 1.81. The summed E-state index contributed by atoms with van der Waals surface area (Å²) in [5, 5.41) is 8.05.